The van der Waals surface area contributed by atoms with Crippen molar-refractivity contribution in [3.63, 3.8) is 0 Å². The van der Waals surface area contributed by atoms with Gasteiger partial charge in [0.05, 0.1) is 6.20 Å². The average Bonchev–Trinajstić information content (AvgIpc) is 3.08. The van der Waals surface area contributed by atoms with Crippen LogP contribution in [0.2, 0.25) is 0 Å². The predicted octanol–water partition coefficient (Wildman–Crippen LogP) is 3.75. The molecule has 3 rings (SSSR count). The van der Waals surface area contributed by atoms with Crippen LogP contribution in [0, 0.1) is 0 Å². The Morgan fingerprint density at radius 2 is 2.08 bits per heavy atom. The van der Waals surface area contributed by atoms with Crippen molar-refractivity contribution < 1.29 is 9.21 Å². The van der Waals surface area contributed by atoms with E-state index < -0.39 is 0 Å². The van der Waals surface area contributed by atoms with Gasteiger partial charge in [-0.2, -0.15) is 0 Å². The molecule has 1 amide bonds. The monoisotopic (exact) mass is 401 g/mol. The molecular weight excluding hydrogens is 386 g/mol. The third kappa shape index (κ3) is 4.67. The van der Waals surface area contributed by atoms with E-state index in [1.807, 2.05) is 30.3 Å². The lowest BCUT2D eigenvalue weighted by atomic mass is 10.2. The molecule has 2 heterocycles. The van der Waals surface area contributed by atoms with E-state index in [-0.39, 0.29) is 23.6 Å². The van der Waals surface area contributed by atoms with E-state index in [1.54, 1.807) is 12.3 Å². The first-order chi connectivity index (χ1) is 12.1. The summed E-state index contributed by atoms with van der Waals surface area (Å²) in [6.45, 7) is 0. The Hall–Kier alpha value is -2.67. The largest absolute Gasteiger partial charge is 0.441 e. The first-order valence-electron chi connectivity index (χ1n) is 7.80. The molecule has 2 aromatic heterocycles. The van der Waals surface area contributed by atoms with Gasteiger partial charge in [0.2, 0.25) is 5.91 Å². The number of H-pyrrole nitrogens is 1. The van der Waals surface area contributed by atoms with Crippen LogP contribution in [-0.4, -0.2) is 15.9 Å². The number of nitrogens with zero attached hydrogens (tertiary/aromatic N) is 1. The van der Waals surface area contributed by atoms with E-state index in [0.717, 1.165) is 5.56 Å². The molecule has 2 N–H and O–H groups in total. The van der Waals surface area contributed by atoms with Gasteiger partial charge in [-0.3, -0.25) is 9.59 Å². The summed E-state index contributed by atoms with van der Waals surface area (Å²) in [5.41, 5.74) is 0.853. The van der Waals surface area contributed by atoms with Crippen LogP contribution in [-0.2, 0) is 11.2 Å². The SMILES string of the molecule is O=C(CCCc1ncc(-c2ccccc2)o1)Nc1cc(Br)c[nH]c1=O. The Morgan fingerprint density at radius 1 is 1.28 bits per heavy atom. The predicted molar refractivity (Wildman–Crippen MR) is 98.3 cm³/mol. The number of rotatable bonds is 6. The van der Waals surface area contributed by atoms with Crippen molar-refractivity contribution in [2.75, 3.05) is 5.32 Å². The highest BCUT2D eigenvalue weighted by molar-refractivity contribution is 9.10. The van der Waals surface area contributed by atoms with Crippen LogP contribution in [0.1, 0.15) is 18.7 Å². The third-order valence-corrected chi connectivity index (χ3v) is 4.01. The Labute approximate surface area is 152 Å². The van der Waals surface area contributed by atoms with E-state index >= 15 is 0 Å². The first-order valence-corrected chi connectivity index (χ1v) is 8.59. The van der Waals surface area contributed by atoms with Gasteiger partial charge < -0.3 is 14.7 Å². The number of halogens is 1. The highest BCUT2D eigenvalue weighted by atomic mass is 79.9. The molecule has 0 spiro atoms. The summed E-state index contributed by atoms with van der Waals surface area (Å²) in [6, 6.07) is 11.3. The zero-order valence-corrected chi connectivity index (χ0v) is 14.9. The van der Waals surface area contributed by atoms with Crippen molar-refractivity contribution in [2.24, 2.45) is 0 Å². The van der Waals surface area contributed by atoms with Gasteiger partial charge in [-0.15, -0.1) is 0 Å². The number of hydrogen-bond acceptors (Lipinski definition) is 4. The van der Waals surface area contributed by atoms with Crippen LogP contribution in [0.3, 0.4) is 0 Å². The lowest BCUT2D eigenvalue weighted by Crippen LogP contribution is -2.19. The van der Waals surface area contributed by atoms with Crippen LogP contribution in [0.5, 0.6) is 0 Å². The van der Waals surface area contributed by atoms with Gasteiger partial charge in [-0.1, -0.05) is 30.3 Å². The number of aromatic amines is 1. The molecule has 25 heavy (non-hydrogen) atoms. The standard InChI is InChI=1S/C18H16BrN3O3/c19-13-9-14(18(24)21-10-13)22-16(23)7-4-8-17-20-11-15(25-17)12-5-2-1-3-6-12/h1-3,5-6,9-11H,4,7-8H2,(H,21,24)(H,22,23). The highest BCUT2D eigenvalue weighted by Crippen LogP contribution is 2.20. The van der Waals surface area contributed by atoms with Gasteiger partial charge in [0.1, 0.15) is 5.69 Å². The van der Waals surface area contributed by atoms with Gasteiger partial charge in [-0.25, -0.2) is 4.98 Å². The number of carbonyl (C=O) groups excluding carboxylic acids is 1. The molecule has 0 atom stereocenters. The van der Waals surface area contributed by atoms with Gasteiger partial charge in [0, 0.05) is 29.1 Å². The Balaban J connectivity index is 1.51. The summed E-state index contributed by atoms with van der Waals surface area (Å²) >= 11 is 3.25. The molecule has 0 radical (unpaired) electrons. The van der Waals surface area contributed by atoms with Crippen LogP contribution in [0.4, 0.5) is 5.69 Å². The molecule has 0 bridgehead atoms. The number of benzene rings is 1. The number of hydrogen-bond donors (Lipinski definition) is 2. The normalized spacial score (nSPS) is 10.6. The van der Waals surface area contributed by atoms with Crippen molar-refractivity contribution in [3.8, 4) is 11.3 Å². The van der Waals surface area contributed by atoms with E-state index in [1.165, 1.54) is 6.20 Å². The lowest BCUT2D eigenvalue weighted by Gasteiger charge is -2.04. The third-order valence-electron chi connectivity index (χ3n) is 3.55. The molecule has 1 aromatic carbocycles. The average molecular weight is 402 g/mol. The minimum absolute atomic E-state index is 0.224. The van der Waals surface area contributed by atoms with Crippen LogP contribution < -0.4 is 10.9 Å². The number of amides is 1. The second-order valence-corrected chi connectivity index (χ2v) is 6.36. The first kappa shape index (κ1) is 17.2. The van der Waals surface area contributed by atoms with E-state index in [9.17, 15) is 9.59 Å². The van der Waals surface area contributed by atoms with Gasteiger partial charge >= 0.3 is 0 Å². The molecule has 3 aromatic rings. The number of carbonyl (C=O) groups is 1. The molecular formula is C18H16BrN3O3. The maximum atomic E-state index is 12.0. The summed E-state index contributed by atoms with van der Waals surface area (Å²) in [5.74, 6) is 1.08. The fraction of sp³-hybridized carbons (Fsp3) is 0.167. The Morgan fingerprint density at radius 3 is 2.88 bits per heavy atom. The number of aryl methyl sites for hydroxylation is 1. The second kappa shape index (κ2) is 7.94. The zero-order valence-electron chi connectivity index (χ0n) is 13.3. The highest BCUT2D eigenvalue weighted by Gasteiger charge is 2.09. The molecule has 0 fully saturated rings. The number of oxazole rings is 1. The summed E-state index contributed by atoms with van der Waals surface area (Å²) < 4.78 is 6.39. The minimum atomic E-state index is -0.336. The number of aromatic nitrogens is 2. The van der Waals surface area contributed by atoms with Crippen LogP contribution >= 0.6 is 15.9 Å². The van der Waals surface area contributed by atoms with Gasteiger partial charge in [0.15, 0.2) is 11.7 Å². The fourth-order valence-electron chi connectivity index (χ4n) is 2.32. The van der Waals surface area contributed by atoms with Gasteiger partial charge in [0.25, 0.3) is 5.56 Å². The topological polar surface area (TPSA) is 88.0 Å². The van der Waals surface area contributed by atoms with Crippen LogP contribution in [0.15, 0.2) is 62.5 Å². The van der Waals surface area contributed by atoms with Crippen LogP contribution in [0.25, 0.3) is 11.3 Å². The Bertz CT molecular complexity index is 919. The quantitative estimate of drug-likeness (QED) is 0.657. The van der Waals surface area contributed by atoms with Crippen molar-refractivity contribution in [2.45, 2.75) is 19.3 Å². The smallest absolute Gasteiger partial charge is 0.271 e. The van der Waals surface area contributed by atoms with E-state index in [4.69, 9.17) is 4.42 Å². The van der Waals surface area contributed by atoms with Crippen molar-refractivity contribution in [1.29, 1.82) is 0 Å². The number of anilines is 1. The molecule has 0 saturated carbocycles. The molecule has 0 unspecified atom stereocenters. The molecule has 128 valence electrons. The van der Waals surface area contributed by atoms with E-state index in [0.29, 0.717) is 29.0 Å². The second-order valence-electron chi connectivity index (χ2n) is 5.45. The molecule has 7 heteroatoms. The van der Waals surface area contributed by atoms with Crippen molar-refractivity contribution in [3.05, 3.63) is 69.5 Å². The minimum Gasteiger partial charge on any atom is -0.441 e. The molecule has 0 aliphatic heterocycles. The molecule has 0 aliphatic rings. The van der Waals surface area contributed by atoms with Gasteiger partial charge in [-0.05, 0) is 28.4 Å². The fourth-order valence-corrected chi connectivity index (χ4v) is 2.67. The zero-order chi connectivity index (χ0) is 17.6. The molecule has 0 saturated heterocycles. The molecule has 6 nitrogen and oxygen atoms in total. The summed E-state index contributed by atoms with van der Waals surface area (Å²) in [7, 11) is 0. The lowest BCUT2D eigenvalue weighted by molar-refractivity contribution is -0.116. The van der Waals surface area contributed by atoms with E-state index in [2.05, 4.69) is 31.2 Å². The van der Waals surface area contributed by atoms with Crippen molar-refractivity contribution in [1.82, 2.24) is 9.97 Å². The maximum absolute atomic E-state index is 12.0. The number of pyridine rings is 1. The summed E-state index contributed by atoms with van der Waals surface area (Å²) in [6.07, 6.45) is 4.60. The maximum Gasteiger partial charge on any atom is 0.271 e. The summed E-state index contributed by atoms with van der Waals surface area (Å²) in [5, 5.41) is 2.60. The molecule has 0 aliphatic carbocycles. The Kier molecular flexibility index (Phi) is 5.45. The van der Waals surface area contributed by atoms with Crippen molar-refractivity contribution >= 4 is 27.5 Å². The number of nitrogens with one attached hydrogen (secondary N) is 2. The summed E-state index contributed by atoms with van der Waals surface area (Å²) in [4.78, 5) is 30.4.